The maximum Gasteiger partial charge on any atom is 0.228 e. The van der Waals surface area contributed by atoms with E-state index in [1.807, 2.05) is 0 Å². The number of carbonyl (C=O) groups is 3. The zero-order valence-electron chi connectivity index (χ0n) is 11.0. The Morgan fingerprint density at radius 3 is 1.90 bits per heavy atom. The van der Waals surface area contributed by atoms with Crippen molar-refractivity contribution in [2.45, 2.75) is 10.2 Å². The number of hydrogen-bond acceptors (Lipinski definition) is 3. The number of Topliss-reactive ketones (excluding diaryl/α,β-unsaturated/α-hetero) is 3. The van der Waals surface area contributed by atoms with Crippen LogP contribution < -0.4 is 0 Å². The van der Waals surface area contributed by atoms with Gasteiger partial charge in [-0.3, -0.25) is 14.4 Å². The van der Waals surface area contributed by atoms with Crippen LogP contribution in [-0.2, 0) is 18.7 Å². The van der Waals surface area contributed by atoms with Crippen molar-refractivity contribution in [3.05, 3.63) is 71.8 Å². The number of alkyl halides is 1. The van der Waals surface area contributed by atoms with Crippen molar-refractivity contribution in [3.63, 3.8) is 0 Å². The molecule has 0 N–H and O–H groups in total. The Morgan fingerprint density at radius 2 is 1.33 bits per heavy atom. The van der Waals surface area contributed by atoms with E-state index in [1.54, 1.807) is 60.7 Å². The molecule has 2 aromatic rings. The second-order valence-corrected chi connectivity index (χ2v) is 6.12. The van der Waals surface area contributed by atoms with Gasteiger partial charge in [0.25, 0.3) is 0 Å². The molecule has 0 amide bonds. The fourth-order valence-corrected chi connectivity index (χ4v) is 3.31. The summed E-state index contributed by atoms with van der Waals surface area (Å²) in [4.78, 5) is 37.5. The van der Waals surface area contributed by atoms with Gasteiger partial charge in [0.2, 0.25) is 11.6 Å². The average Bonchev–Trinajstić information content (AvgIpc) is 2.71. The normalized spacial score (nSPS) is 25.4. The Morgan fingerprint density at radius 1 is 0.810 bits per heavy atom. The fraction of sp³-hybridized carbons (Fsp3) is 0.118. The van der Waals surface area contributed by atoms with Crippen molar-refractivity contribution in [3.8, 4) is 0 Å². The molecule has 2 atom stereocenters. The molecule has 4 heteroatoms. The van der Waals surface area contributed by atoms with E-state index in [0.29, 0.717) is 11.1 Å². The number of hydrogen-bond donors (Lipinski definition) is 0. The lowest BCUT2D eigenvalue weighted by Crippen LogP contribution is -2.32. The van der Waals surface area contributed by atoms with Crippen LogP contribution in [0.25, 0.3) is 0 Å². The topological polar surface area (TPSA) is 51.2 Å². The van der Waals surface area contributed by atoms with Crippen LogP contribution in [0.3, 0.4) is 0 Å². The van der Waals surface area contributed by atoms with Crippen molar-refractivity contribution in [1.82, 2.24) is 0 Å². The van der Waals surface area contributed by atoms with E-state index in [9.17, 15) is 14.4 Å². The Hall–Kier alpha value is -2.07. The molecule has 3 rings (SSSR count). The molecule has 0 aromatic heterocycles. The second kappa shape index (κ2) is 5.04. The van der Waals surface area contributed by atoms with Crippen LogP contribution in [0.1, 0.15) is 17.0 Å². The summed E-state index contributed by atoms with van der Waals surface area (Å²) >= 11 is 3.24. The lowest BCUT2D eigenvalue weighted by molar-refractivity contribution is -0.135. The largest absolute Gasteiger partial charge is 0.296 e. The van der Waals surface area contributed by atoms with Crippen LogP contribution in [0.15, 0.2) is 60.7 Å². The summed E-state index contributed by atoms with van der Waals surface area (Å²) in [5, 5.41) is 0. The van der Waals surface area contributed by atoms with Crippen LogP contribution in [0, 0.1) is 0 Å². The fourth-order valence-electron chi connectivity index (χ4n) is 2.62. The van der Waals surface area contributed by atoms with E-state index in [-0.39, 0.29) is 0 Å². The van der Waals surface area contributed by atoms with Crippen molar-refractivity contribution in [1.29, 1.82) is 0 Å². The Kier molecular flexibility index (Phi) is 3.33. The van der Waals surface area contributed by atoms with Crippen LogP contribution >= 0.6 is 15.9 Å². The highest BCUT2D eigenvalue weighted by molar-refractivity contribution is 9.10. The third-order valence-corrected chi connectivity index (χ3v) is 4.91. The molecular weight excluding hydrogens is 332 g/mol. The molecular formula is C17H11BrO3. The highest BCUT2D eigenvalue weighted by Crippen LogP contribution is 2.45. The van der Waals surface area contributed by atoms with E-state index < -0.39 is 27.6 Å². The molecule has 3 nitrogen and oxygen atoms in total. The summed E-state index contributed by atoms with van der Waals surface area (Å²) in [5.41, 5.74) is 1.05. The molecule has 0 radical (unpaired) electrons. The predicted molar refractivity (Wildman–Crippen MR) is 81.3 cm³/mol. The summed E-state index contributed by atoms with van der Waals surface area (Å²) in [6.07, 6.45) is 0. The molecule has 2 aromatic carbocycles. The number of halogens is 1. The molecule has 1 aliphatic carbocycles. The first-order valence-electron chi connectivity index (χ1n) is 6.49. The minimum atomic E-state index is -1.56. The Bertz CT molecular complexity index is 724. The third kappa shape index (κ3) is 1.98. The molecule has 0 spiro atoms. The van der Waals surface area contributed by atoms with Gasteiger partial charge in [-0.1, -0.05) is 76.6 Å². The molecule has 1 aliphatic rings. The van der Waals surface area contributed by atoms with E-state index in [4.69, 9.17) is 0 Å². The standard InChI is InChI=1S/C17H11BrO3/c18-17(12-9-5-2-6-10-12)15(20)13(14(19)16(17)21)11-7-3-1-4-8-11/h1-10,13H/t13-,17+/m1/s1. The van der Waals surface area contributed by atoms with E-state index in [1.165, 1.54) is 0 Å². The quantitative estimate of drug-likeness (QED) is 0.479. The molecule has 0 unspecified atom stereocenters. The van der Waals surface area contributed by atoms with Crippen LogP contribution in [-0.4, -0.2) is 17.3 Å². The first-order chi connectivity index (χ1) is 10.1. The maximum atomic E-state index is 12.8. The van der Waals surface area contributed by atoms with Crippen molar-refractivity contribution in [2.24, 2.45) is 0 Å². The molecule has 0 bridgehead atoms. The molecule has 21 heavy (non-hydrogen) atoms. The van der Waals surface area contributed by atoms with Crippen LogP contribution in [0.4, 0.5) is 0 Å². The van der Waals surface area contributed by atoms with E-state index in [0.717, 1.165) is 0 Å². The van der Waals surface area contributed by atoms with Crippen molar-refractivity contribution >= 4 is 33.3 Å². The van der Waals surface area contributed by atoms with E-state index >= 15 is 0 Å². The number of carbonyl (C=O) groups excluding carboxylic acids is 3. The summed E-state index contributed by atoms with van der Waals surface area (Å²) in [7, 11) is 0. The maximum absolute atomic E-state index is 12.8. The van der Waals surface area contributed by atoms with Crippen molar-refractivity contribution < 1.29 is 14.4 Å². The summed E-state index contributed by atoms with van der Waals surface area (Å²) in [6, 6.07) is 17.3. The third-order valence-electron chi connectivity index (χ3n) is 3.71. The van der Waals surface area contributed by atoms with Crippen LogP contribution in [0.2, 0.25) is 0 Å². The lowest BCUT2D eigenvalue weighted by atomic mass is 9.91. The SMILES string of the molecule is O=C1C(=O)[C@](Br)(c2ccccc2)C(=O)[C@@H]1c1ccccc1. The van der Waals surface area contributed by atoms with Gasteiger partial charge in [-0.2, -0.15) is 0 Å². The number of rotatable bonds is 2. The first kappa shape index (κ1) is 13.9. The Balaban J connectivity index is 2.12. The molecule has 0 aliphatic heterocycles. The number of ketones is 3. The zero-order valence-corrected chi connectivity index (χ0v) is 12.5. The van der Waals surface area contributed by atoms with E-state index in [2.05, 4.69) is 15.9 Å². The molecule has 1 fully saturated rings. The minimum Gasteiger partial charge on any atom is -0.296 e. The van der Waals surface area contributed by atoms with Gasteiger partial charge in [0.15, 0.2) is 10.1 Å². The summed E-state index contributed by atoms with van der Waals surface area (Å²) in [6.45, 7) is 0. The number of benzene rings is 2. The molecule has 1 saturated carbocycles. The highest BCUT2D eigenvalue weighted by atomic mass is 79.9. The van der Waals surface area contributed by atoms with Gasteiger partial charge >= 0.3 is 0 Å². The summed E-state index contributed by atoms with van der Waals surface area (Å²) in [5.74, 6) is -2.81. The van der Waals surface area contributed by atoms with Gasteiger partial charge in [-0.05, 0) is 11.1 Å². The first-order valence-corrected chi connectivity index (χ1v) is 7.28. The smallest absolute Gasteiger partial charge is 0.228 e. The van der Waals surface area contributed by atoms with Gasteiger partial charge in [0.1, 0.15) is 5.92 Å². The second-order valence-electron chi connectivity index (χ2n) is 4.93. The highest BCUT2D eigenvalue weighted by Gasteiger charge is 2.60. The van der Waals surface area contributed by atoms with Gasteiger partial charge in [-0.15, -0.1) is 0 Å². The Labute approximate surface area is 130 Å². The van der Waals surface area contributed by atoms with Gasteiger partial charge in [-0.25, -0.2) is 0 Å². The van der Waals surface area contributed by atoms with Crippen molar-refractivity contribution in [2.75, 3.05) is 0 Å². The molecule has 0 saturated heterocycles. The minimum absolute atomic E-state index is 0.421. The van der Waals surface area contributed by atoms with Crippen LogP contribution in [0.5, 0.6) is 0 Å². The predicted octanol–water partition coefficient (Wildman–Crippen LogP) is 2.78. The van der Waals surface area contributed by atoms with Gasteiger partial charge in [0, 0.05) is 0 Å². The van der Waals surface area contributed by atoms with Gasteiger partial charge < -0.3 is 0 Å². The molecule has 104 valence electrons. The zero-order chi connectivity index (χ0) is 15.0. The average molecular weight is 343 g/mol. The monoisotopic (exact) mass is 342 g/mol. The molecule has 0 heterocycles. The summed E-state index contributed by atoms with van der Waals surface area (Å²) < 4.78 is -1.56. The lowest BCUT2D eigenvalue weighted by Gasteiger charge is -2.18. The van der Waals surface area contributed by atoms with Gasteiger partial charge in [0.05, 0.1) is 0 Å².